The van der Waals surface area contributed by atoms with E-state index in [9.17, 15) is 13.2 Å². The number of quaternary nitrogens is 1. The van der Waals surface area contributed by atoms with E-state index in [1.165, 1.54) is 10.4 Å². The molecule has 0 spiro atoms. The lowest BCUT2D eigenvalue weighted by Gasteiger charge is -2.33. The third-order valence-electron chi connectivity index (χ3n) is 3.86. The molecule has 1 aliphatic heterocycles. The van der Waals surface area contributed by atoms with E-state index in [1.54, 1.807) is 25.1 Å². The van der Waals surface area contributed by atoms with Crippen LogP contribution in [0.5, 0.6) is 0 Å². The molecule has 0 unspecified atom stereocenters. The minimum absolute atomic E-state index is 0.123. The summed E-state index contributed by atoms with van der Waals surface area (Å²) in [4.78, 5) is 12.3. The van der Waals surface area contributed by atoms with E-state index in [4.69, 9.17) is 17.3 Å². The summed E-state index contributed by atoms with van der Waals surface area (Å²) in [7, 11) is -3.59. The quantitative estimate of drug-likeness (QED) is 0.749. The van der Waals surface area contributed by atoms with Gasteiger partial charge in [-0.25, -0.2) is 8.42 Å². The lowest BCUT2D eigenvalue weighted by atomic mass is 10.2. The highest BCUT2D eigenvalue weighted by Gasteiger charge is 2.34. The average Bonchev–Trinajstić information content (AvgIpc) is 2.46. The van der Waals surface area contributed by atoms with Crippen LogP contribution in [0.25, 0.3) is 0 Å². The van der Waals surface area contributed by atoms with Crippen molar-refractivity contribution in [2.75, 3.05) is 26.2 Å². The minimum atomic E-state index is -3.59. The highest BCUT2D eigenvalue weighted by molar-refractivity contribution is 7.89. The summed E-state index contributed by atoms with van der Waals surface area (Å²) in [5.41, 5.74) is 5.29. The Kier molecular flexibility index (Phi) is 4.88. The van der Waals surface area contributed by atoms with Gasteiger partial charge in [-0.05, 0) is 19.1 Å². The van der Waals surface area contributed by atoms with Crippen molar-refractivity contribution >= 4 is 27.5 Å². The van der Waals surface area contributed by atoms with E-state index >= 15 is 0 Å². The summed E-state index contributed by atoms with van der Waals surface area (Å²) in [6.07, 6.45) is 0. The van der Waals surface area contributed by atoms with Gasteiger partial charge in [-0.3, -0.25) is 4.79 Å². The van der Waals surface area contributed by atoms with Crippen LogP contribution in [0.3, 0.4) is 0 Å². The van der Waals surface area contributed by atoms with Crippen LogP contribution in [0.1, 0.15) is 6.92 Å². The van der Waals surface area contributed by atoms with Crippen LogP contribution in [0.15, 0.2) is 29.2 Å². The number of halogens is 1. The van der Waals surface area contributed by atoms with E-state index in [2.05, 4.69) is 0 Å². The predicted octanol–water partition coefficient (Wildman–Crippen LogP) is -0.897. The monoisotopic (exact) mass is 332 g/mol. The number of primary amides is 1. The molecule has 0 radical (unpaired) electrons. The summed E-state index contributed by atoms with van der Waals surface area (Å²) >= 11 is 5.98. The minimum Gasteiger partial charge on any atom is -0.365 e. The van der Waals surface area contributed by atoms with Gasteiger partial charge in [0.25, 0.3) is 5.91 Å². The molecule has 0 aromatic heterocycles. The number of amides is 1. The fraction of sp³-hybridized carbons (Fsp3) is 0.462. The van der Waals surface area contributed by atoms with E-state index in [-0.39, 0.29) is 21.9 Å². The SMILES string of the molecule is C[C@@H](C(N)=O)[NH+]1CCN(S(=O)(=O)c2ccccc2Cl)CC1. The number of benzene rings is 1. The van der Waals surface area contributed by atoms with E-state index < -0.39 is 10.0 Å². The molecule has 1 heterocycles. The second-order valence-corrected chi connectivity index (χ2v) is 7.43. The van der Waals surface area contributed by atoms with E-state index in [0.717, 1.165) is 4.90 Å². The Balaban J connectivity index is 2.12. The molecule has 116 valence electrons. The molecule has 8 heteroatoms. The molecule has 0 saturated carbocycles. The van der Waals surface area contributed by atoms with Crippen molar-refractivity contribution < 1.29 is 18.1 Å². The van der Waals surface area contributed by atoms with Gasteiger partial charge in [-0.1, -0.05) is 23.7 Å². The highest BCUT2D eigenvalue weighted by Crippen LogP contribution is 2.23. The van der Waals surface area contributed by atoms with Gasteiger partial charge in [0.1, 0.15) is 4.90 Å². The van der Waals surface area contributed by atoms with Gasteiger partial charge in [-0.2, -0.15) is 4.31 Å². The normalized spacial score (nSPS) is 19.3. The van der Waals surface area contributed by atoms with Crippen molar-refractivity contribution in [1.29, 1.82) is 0 Å². The molecule has 1 saturated heterocycles. The number of rotatable bonds is 4. The fourth-order valence-corrected chi connectivity index (χ4v) is 4.38. The Morgan fingerprint density at radius 3 is 2.43 bits per heavy atom. The topological polar surface area (TPSA) is 84.9 Å². The zero-order valence-corrected chi connectivity index (χ0v) is 13.3. The van der Waals surface area contributed by atoms with Crippen LogP contribution in [0.4, 0.5) is 0 Å². The molecular weight excluding hydrogens is 314 g/mol. The second kappa shape index (κ2) is 6.31. The van der Waals surface area contributed by atoms with Crippen LogP contribution < -0.4 is 10.6 Å². The number of nitrogens with two attached hydrogens (primary N) is 1. The third-order valence-corrected chi connectivity index (χ3v) is 6.26. The Morgan fingerprint density at radius 2 is 1.90 bits per heavy atom. The average molecular weight is 333 g/mol. The molecule has 6 nitrogen and oxygen atoms in total. The van der Waals surface area contributed by atoms with Crippen LogP contribution in [0, 0.1) is 0 Å². The molecule has 3 N–H and O–H groups in total. The molecule has 1 atom stereocenters. The van der Waals surface area contributed by atoms with Crippen molar-refractivity contribution in [3.63, 3.8) is 0 Å². The Hall–Kier alpha value is -1.15. The first-order valence-electron chi connectivity index (χ1n) is 6.72. The molecule has 1 aliphatic rings. The summed E-state index contributed by atoms with van der Waals surface area (Å²) in [5.74, 6) is -0.368. The summed E-state index contributed by atoms with van der Waals surface area (Å²) in [6, 6.07) is 6.09. The number of hydrogen-bond donors (Lipinski definition) is 2. The maximum atomic E-state index is 12.6. The first-order chi connectivity index (χ1) is 9.84. The Bertz CT molecular complexity index is 627. The number of piperazine rings is 1. The number of hydrogen-bond acceptors (Lipinski definition) is 3. The van der Waals surface area contributed by atoms with Gasteiger partial charge in [0.2, 0.25) is 10.0 Å². The van der Waals surface area contributed by atoms with Gasteiger partial charge < -0.3 is 10.6 Å². The van der Waals surface area contributed by atoms with Gasteiger partial charge in [0, 0.05) is 0 Å². The highest BCUT2D eigenvalue weighted by atomic mass is 35.5. The van der Waals surface area contributed by atoms with E-state index in [0.29, 0.717) is 26.2 Å². The largest absolute Gasteiger partial charge is 0.365 e. The summed E-state index contributed by atoms with van der Waals surface area (Å²) < 4.78 is 26.5. The van der Waals surface area contributed by atoms with Gasteiger partial charge in [0.05, 0.1) is 31.2 Å². The van der Waals surface area contributed by atoms with Crippen LogP contribution in [-0.2, 0) is 14.8 Å². The van der Waals surface area contributed by atoms with Crippen LogP contribution in [-0.4, -0.2) is 50.9 Å². The fourth-order valence-electron chi connectivity index (χ4n) is 2.44. The molecular formula is C13H19ClN3O3S+. The molecule has 1 aromatic carbocycles. The van der Waals surface area contributed by atoms with Gasteiger partial charge in [-0.15, -0.1) is 0 Å². The first-order valence-corrected chi connectivity index (χ1v) is 8.54. The molecule has 2 rings (SSSR count). The Morgan fingerprint density at radius 1 is 1.33 bits per heavy atom. The molecule has 0 aliphatic carbocycles. The van der Waals surface area contributed by atoms with Crippen molar-refractivity contribution in [2.24, 2.45) is 5.73 Å². The maximum absolute atomic E-state index is 12.6. The summed E-state index contributed by atoms with van der Waals surface area (Å²) in [5, 5.41) is 0.220. The van der Waals surface area contributed by atoms with Crippen molar-refractivity contribution in [1.82, 2.24) is 4.31 Å². The number of carbonyl (C=O) groups is 1. The molecule has 0 bridgehead atoms. The maximum Gasteiger partial charge on any atom is 0.275 e. The van der Waals surface area contributed by atoms with Crippen LogP contribution >= 0.6 is 11.6 Å². The molecule has 1 aromatic rings. The van der Waals surface area contributed by atoms with Gasteiger partial charge >= 0.3 is 0 Å². The number of carbonyl (C=O) groups excluding carboxylic acids is 1. The van der Waals surface area contributed by atoms with Crippen molar-refractivity contribution in [3.05, 3.63) is 29.3 Å². The van der Waals surface area contributed by atoms with Crippen molar-refractivity contribution in [3.8, 4) is 0 Å². The molecule has 1 fully saturated rings. The zero-order chi connectivity index (χ0) is 15.6. The van der Waals surface area contributed by atoms with Crippen LogP contribution in [0.2, 0.25) is 5.02 Å². The number of nitrogens with one attached hydrogen (secondary N) is 1. The second-order valence-electron chi connectivity index (χ2n) is 5.12. The molecule has 21 heavy (non-hydrogen) atoms. The smallest absolute Gasteiger partial charge is 0.275 e. The van der Waals surface area contributed by atoms with E-state index in [1.807, 2.05) is 0 Å². The predicted molar refractivity (Wildman–Crippen MR) is 79.6 cm³/mol. The summed E-state index contributed by atoms with van der Waals surface area (Å²) in [6.45, 7) is 3.55. The third kappa shape index (κ3) is 3.37. The lowest BCUT2D eigenvalue weighted by Crippen LogP contribution is -3.19. The molecule has 1 amide bonds. The Labute approximate surface area is 129 Å². The lowest BCUT2D eigenvalue weighted by molar-refractivity contribution is -0.917. The first kappa shape index (κ1) is 16.2. The van der Waals surface area contributed by atoms with Gasteiger partial charge in [0.15, 0.2) is 6.04 Å². The number of sulfonamides is 1. The van der Waals surface area contributed by atoms with Crippen molar-refractivity contribution in [2.45, 2.75) is 17.9 Å². The standard InChI is InChI=1S/C13H18ClN3O3S/c1-10(13(15)18)16-6-8-17(9-7-16)21(19,20)12-5-3-2-4-11(12)14/h2-5,10H,6-9H2,1H3,(H2,15,18)/p+1/t10-/m0/s1. The number of nitrogens with zero attached hydrogens (tertiary/aromatic N) is 1. The zero-order valence-electron chi connectivity index (χ0n) is 11.8.